The summed E-state index contributed by atoms with van der Waals surface area (Å²) in [7, 11) is 3.41. The van der Waals surface area contributed by atoms with E-state index < -0.39 is 17.9 Å². The van der Waals surface area contributed by atoms with Crippen LogP contribution in [-0.2, 0) is 23.8 Å². The molecule has 1 saturated heterocycles. The van der Waals surface area contributed by atoms with Crippen LogP contribution in [0.3, 0.4) is 0 Å². The van der Waals surface area contributed by atoms with Gasteiger partial charge in [0.05, 0.1) is 49.2 Å². The second kappa shape index (κ2) is 11.0. The van der Waals surface area contributed by atoms with Crippen molar-refractivity contribution >= 4 is 23.5 Å². The van der Waals surface area contributed by atoms with Crippen LogP contribution in [0, 0.1) is 0 Å². The van der Waals surface area contributed by atoms with Crippen molar-refractivity contribution < 1.29 is 23.8 Å². The normalized spacial score (nSPS) is 20.2. The fraction of sp³-hybridized carbons (Fsp3) is 0.500. The lowest BCUT2D eigenvalue weighted by atomic mass is 9.80. The zero-order valence-corrected chi connectivity index (χ0v) is 19.8. The highest BCUT2D eigenvalue weighted by molar-refractivity contribution is 6.31. The third-order valence-electron chi connectivity index (χ3n) is 5.89. The molecule has 1 N–H and O–H groups in total. The Morgan fingerprint density at radius 2 is 1.84 bits per heavy atom. The van der Waals surface area contributed by atoms with Crippen LogP contribution in [0.25, 0.3) is 0 Å². The van der Waals surface area contributed by atoms with Crippen molar-refractivity contribution in [3.05, 3.63) is 57.4 Å². The summed E-state index contributed by atoms with van der Waals surface area (Å²) in [6, 6.07) is 7.17. The largest absolute Gasteiger partial charge is 0.466 e. The lowest BCUT2D eigenvalue weighted by molar-refractivity contribution is -0.139. The summed E-state index contributed by atoms with van der Waals surface area (Å²) in [5, 5.41) is 3.67. The zero-order chi connectivity index (χ0) is 23.3. The van der Waals surface area contributed by atoms with E-state index in [0.717, 1.165) is 25.9 Å². The van der Waals surface area contributed by atoms with Gasteiger partial charge < -0.3 is 24.4 Å². The minimum absolute atomic E-state index is 0.106. The van der Waals surface area contributed by atoms with Crippen molar-refractivity contribution in [2.24, 2.45) is 0 Å². The van der Waals surface area contributed by atoms with E-state index in [1.807, 2.05) is 12.1 Å². The molecule has 3 rings (SSSR count). The summed E-state index contributed by atoms with van der Waals surface area (Å²) in [6.07, 6.45) is 1.96. The lowest BCUT2D eigenvalue weighted by Crippen LogP contribution is -2.37. The van der Waals surface area contributed by atoms with E-state index >= 15 is 0 Å². The maximum atomic E-state index is 13.2. The van der Waals surface area contributed by atoms with Gasteiger partial charge >= 0.3 is 11.9 Å². The number of piperidine rings is 1. The summed E-state index contributed by atoms with van der Waals surface area (Å²) < 4.78 is 16.6. The number of benzene rings is 1. The number of halogens is 1. The van der Waals surface area contributed by atoms with Gasteiger partial charge in [-0.3, -0.25) is 0 Å². The Hall–Kier alpha value is -2.35. The van der Waals surface area contributed by atoms with Crippen LogP contribution >= 0.6 is 11.6 Å². The summed E-state index contributed by atoms with van der Waals surface area (Å²) in [5.74, 6) is -1.77. The third kappa shape index (κ3) is 5.34. The average molecular weight is 463 g/mol. The Morgan fingerprint density at radius 3 is 2.47 bits per heavy atom. The summed E-state index contributed by atoms with van der Waals surface area (Å²) >= 11 is 6.52. The smallest absolute Gasteiger partial charge is 0.336 e. The van der Waals surface area contributed by atoms with E-state index in [9.17, 15) is 9.59 Å². The molecule has 7 nitrogen and oxygen atoms in total. The van der Waals surface area contributed by atoms with Gasteiger partial charge in [0.15, 0.2) is 0 Å². The lowest BCUT2D eigenvalue weighted by Gasteiger charge is -2.33. The molecule has 0 amide bonds. The molecule has 2 heterocycles. The van der Waals surface area contributed by atoms with Gasteiger partial charge in [0.2, 0.25) is 0 Å². The Bertz CT molecular complexity index is 919. The highest BCUT2D eigenvalue weighted by Crippen LogP contribution is 2.42. The molecular formula is C24H31ClN2O5. The summed E-state index contributed by atoms with van der Waals surface area (Å²) in [6.45, 7) is 5.88. The summed E-state index contributed by atoms with van der Waals surface area (Å²) in [4.78, 5) is 28.2. The number of ether oxygens (including phenoxy) is 3. The molecule has 1 fully saturated rings. The molecule has 0 spiro atoms. The second-order valence-electron chi connectivity index (χ2n) is 8.04. The van der Waals surface area contributed by atoms with Crippen LogP contribution in [0.4, 0.5) is 0 Å². The molecule has 1 aromatic carbocycles. The van der Waals surface area contributed by atoms with Crippen LogP contribution in [0.5, 0.6) is 0 Å². The van der Waals surface area contributed by atoms with Gasteiger partial charge in [0.25, 0.3) is 0 Å². The van der Waals surface area contributed by atoms with Gasteiger partial charge in [-0.15, -0.1) is 0 Å². The number of allylic oxidation sites excluding steroid dienone is 1. The third-order valence-corrected chi connectivity index (χ3v) is 6.23. The number of methoxy groups -OCH3 is 1. The molecule has 1 atom stereocenters. The minimum atomic E-state index is -0.729. The van der Waals surface area contributed by atoms with E-state index in [-0.39, 0.29) is 19.3 Å². The van der Waals surface area contributed by atoms with Gasteiger partial charge in [-0.2, -0.15) is 0 Å². The molecule has 0 bridgehead atoms. The topological polar surface area (TPSA) is 77.1 Å². The highest BCUT2D eigenvalue weighted by atomic mass is 35.5. The minimum Gasteiger partial charge on any atom is -0.466 e. The first-order valence-corrected chi connectivity index (χ1v) is 11.3. The number of carbonyl (C=O) groups is 2. The van der Waals surface area contributed by atoms with E-state index in [0.29, 0.717) is 33.1 Å². The Morgan fingerprint density at radius 1 is 1.16 bits per heavy atom. The van der Waals surface area contributed by atoms with Crippen LogP contribution in [0.2, 0.25) is 5.02 Å². The second-order valence-corrected chi connectivity index (χ2v) is 8.44. The van der Waals surface area contributed by atoms with E-state index in [1.165, 1.54) is 7.11 Å². The average Bonchev–Trinajstić information content (AvgIpc) is 2.78. The monoisotopic (exact) mass is 462 g/mol. The van der Waals surface area contributed by atoms with Crippen molar-refractivity contribution in [2.75, 3.05) is 40.5 Å². The number of esters is 2. The number of dihydropyridines is 1. The molecule has 1 unspecified atom stereocenters. The molecule has 0 radical (unpaired) electrons. The molecule has 8 heteroatoms. The van der Waals surface area contributed by atoms with Gasteiger partial charge in [0, 0.05) is 23.8 Å². The van der Waals surface area contributed by atoms with Gasteiger partial charge in [-0.1, -0.05) is 29.8 Å². The first-order chi connectivity index (χ1) is 15.4. The number of carbonyl (C=O) groups excluding carboxylic acids is 2. The van der Waals surface area contributed by atoms with Gasteiger partial charge in [-0.05, 0) is 45.4 Å². The zero-order valence-electron chi connectivity index (χ0n) is 19.1. The predicted molar refractivity (Wildman–Crippen MR) is 122 cm³/mol. The number of likely N-dealkylation sites (tertiary alicyclic amines) is 1. The van der Waals surface area contributed by atoms with Crippen LogP contribution < -0.4 is 5.32 Å². The van der Waals surface area contributed by atoms with Crippen molar-refractivity contribution in [3.63, 3.8) is 0 Å². The van der Waals surface area contributed by atoms with Gasteiger partial charge in [0.1, 0.15) is 0 Å². The first kappa shape index (κ1) is 24.3. The highest BCUT2D eigenvalue weighted by Gasteiger charge is 2.39. The SMILES string of the molecule is CCOC(=O)C1=C(COC2CCN(C)CC2)NC(C)=C(C(=O)OC)C1c1ccccc1Cl. The van der Waals surface area contributed by atoms with Gasteiger partial charge in [-0.25, -0.2) is 9.59 Å². The maximum Gasteiger partial charge on any atom is 0.336 e. The standard InChI is InChI=1S/C24H31ClN2O5/c1-5-31-24(29)22-19(14-32-16-10-12-27(3)13-11-16)26-15(2)20(23(28)30-4)21(22)17-8-6-7-9-18(17)25/h6-9,16,21,26H,5,10-14H2,1-4H3. The fourth-order valence-electron chi connectivity index (χ4n) is 4.21. The molecule has 0 aliphatic carbocycles. The maximum absolute atomic E-state index is 13.2. The molecule has 1 aromatic rings. The Kier molecular flexibility index (Phi) is 8.34. The van der Waals surface area contributed by atoms with Crippen molar-refractivity contribution in [3.8, 4) is 0 Å². The van der Waals surface area contributed by atoms with Crippen LogP contribution in [0.15, 0.2) is 46.8 Å². The van der Waals surface area contributed by atoms with E-state index in [1.54, 1.807) is 26.0 Å². The number of rotatable bonds is 7. The molecule has 0 aromatic heterocycles. The van der Waals surface area contributed by atoms with Crippen LogP contribution in [-0.4, -0.2) is 63.4 Å². The predicted octanol–water partition coefficient (Wildman–Crippen LogP) is 3.40. The van der Waals surface area contributed by atoms with E-state index in [4.69, 9.17) is 25.8 Å². The quantitative estimate of drug-likeness (QED) is 0.622. The van der Waals surface area contributed by atoms with Crippen molar-refractivity contribution in [1.82, 2.24) is 10.2 Å². The van der Waals surface area contributed by atoms with Crippen molar-refractivity contribution in [1.29, 1.82) is 0 Å². The molecule has 0 saturated carbocycles. The van der Waals surface area contributed by atoms with Crippen molar-refractivity contribution in [2.45, 2.75) is 38.7 Å². The Labute approximate surface area is 194 Å². The molecule has 174 valence electrons. The molecule has 32 heavy (non-hydrogen) atoms. The first-order valence-electron chi connectivity index (χ1n) is 10.9. The fourth-order valence-corrected chi connectivity index (χ4v) is 4.46. The molecule has 2 aliphatic rings. The number of nitrogens with zero attached hydrogens (tertiary/aromatic N) is 1. The Balaban J connectivity index is 2.04. The molecular weight excluding hydrogens is 432 g/mol. The van der Waals surface area contributed by atoms with Crippen LogP contribution in [0.1, 0.15) is 38.2 Å². The summed E-state index contributed by atoms with van der Waals surface area (Å²) in [5.41, 5.74) is 2.45. The number of hydrogen-bond donors (Lipinski definition) is 1. The number of hydrogen-bond acceptors (Lipinski definition) is 7. The molecule has 2 aliphatic heterocycles. The number of nitrogens with one attached hydrogen (secondary N) is 1. The van der Waals surface area contributed by atoms with E-state index in [2.05, 4.69) is 17.3 Å².